The molecule has 1 fully saturated rings. The Morgan fingerprint density at radius 3 is 2.31 bits per heavy atom. The number of nitrogens with one attached hydrogen (secondary N) is 1. The highest BCUT2D eigenvalue weighted by Crippen LogP contribution is 2.44. The minimum atomic E-state index is -1.14. The van der Waals surface area contributed by atoms with Crippen molar-refractivity contribution in [1.82, 2.24) is 10.2 Å². The Kier molecular flexibility index (Phi) is 7.67. The van der Waals surface area contributed by atoms with Crippen LogP contribution in [-0.4, -0.2) is 78.1 Å². The molecule has 0 saturated carbocycles. The van der Waals surface area contributed by atoms with Crippen LogP contribution >= 0.6 is 0 Å². The van der Waals surface area contributed by atoms with E-state index in [9.17, 15) is 24.6 Å². The normalized spacial score (nSPS) is 19.5. The van der Waals surface area contributed by atoms with Gasteiger partial charge in [0.2, 0.25) is 5.91 Å². The predicted molar refractivity (Wildman–Crippen MR) is 127 cm³/mol. The molecule has 9 heteroatoms. The number of aliphatic carboxylic acids is 1. The average molecular weight is 483 g/mol. The van der Waals surface area contributed by atoms with Gasteiger partial charge in [0.15, 0.2) is 0 Å². The zero-order valence-electron chi connectivity index (χ0n) is 19.6. The van der Waals surface area contributed by atoms with Crippen LogP contribution in [0.15, 0.2) is 48.5 Å². The number of aliphatic hydroxyl groups is 1. The smallest absolute Gasteiger partial charge is 0.407 e. The van der Waals surface area contributed by atoms with Crippen LogP contribution in [0.25, 0.3) is 11.1 Å². The first-order valence-corrected chi connectivity index (χ1v) is 11.8. The first kappa shape index (κ1) is 24.7. The molecule has 0 radical (unpaired) electrons. The molecular formula is C26H30N2O7. The molecule has 35 heavy (non-hydrogen) atoms. The number of carbonyl (C=O) groups is 3. The maximum atomic E-state index is 12.7. The zero-order valence-corrected chi connectivity index (χ0v) is 19.6. The first-order valence-electron chi connectivity index (χ1n) is 11.8. The highest BCUT2D eigenvalue weighted by Gasteiger charge is 2.39. The van der Waals surface area contributed by atoms with Gasteiger partial charge in [-0.05, 0) is 29.2 Å². The number of fused-ring (bicyclic) bond motifs is 3. The summed E-state index contributed by atoms with van der Waals surface area (Å²) in [7, 11) is 0. The molecule has 2 amide bonds. The molecule has 3 unspecified atom stereocenters. The second-order valence-electron chi connectivity index (χ2n) is 8.79. The van der Waals surface area contributed by atoms with Crippen molar-refractivity contribution in [1.29, 1.82) is 0 Å². The number of alkyl carbamates (subject to hydrolysis) is 1. The summed E-state index contributed by atoms with van der Waals surface area (Å²) in [5.74, 6) is -2.28. The van der Waals surface area contributed by atoms with E-state index in [4.69, 9.17) is 9.47 Å². The Hall–Kier alpha value is -3.43. The van der Waals surface area contributed by atoms with Gasteiger partial charge in [0.1, 0.15) is 12.5 Å². The summed E-state index contributed by atoms with van der Waals surface area (Å²) < 4.78 is 10.7. The van der Waals surface area contributed by atoms with Gasteiger partial charge >= 0.3 is 12.1 Å². The molecule has 0 aromatic heterocycles. The van der Waals surface area contributed by atoms with E-state index in [1.54, 1.807) is 6.92 Å². The van der Waals surface area contributed by atoms with E-state index < -0.39 is 36.0 Å². The summed E-state index contributed by atoms with van der Waals surface area (Å²) in [6.07, 6.45) is -2.07. The van der Waals surface area contributed by atoms with E-state index in [0.29, 0.717) is 6.54 Å². The number of carbonyl (C=O) groups excluding carboxylic acids is 2. The number of ether oxygens (including phenoxy) is 2. The van der Waals surface area contributed by atoms with Crippen molar-refractivity contribution < 1.29 is 34.1 Å². The Bertz CT molecular complexity index is 1040. The van der Waals surface area contributed by atoms with Gasteiger partial charge < -0.3 is 29.9 Å². The number of carboxylic acid groups (broad SMARTS) is 1. The molecule has 1 saturated heterocycles. The number of likely N-dealkylation sites (N-methyl/N-ethyl adjacent to an activating group) is 1. The van der Waals surface area contributed by atoms with Crippen molar-refractivity contribution in [2.75, 3.05) is 32.9 Å². The van der Waals surface area contributed by atoms with Gasteiger partial charge in [-0.25, -0.2) is 4.79 Å². The van der Waals surface area contributed by atoms with Crippen LogP contribution < -0.4 is 5.32 Å². The van der Waals surface area contributed by atoms with Gasteiger partial charge in [0.05, 0.1) is 31.8 Å². The SMILES string of the molecule is CCN(C(=O)CC(O)CNC(=O)OCC1c2ccccc2-c2ccccc21)C1COCC1C(=O)O. The fourth-order valence-corrected chi connectivity index (χ4v) is 4.92. The van der Waals surface area contributed by atoms with Crippen molar-refractivity contribution in [3.63, 3.8) is 0 Å². The number of carboxylic acids is 1. The van der Waals surface area contributed by atoms with Gasteiger partial charge in [-0.1, -0.05) is 48.5 Å². The maximum Gasteiger partial charge on any atom is 0.407 e. The fourth-order valence-electron chi connectivity index (χ4n) is 4.92. The Labute approximate surface area is 203 Å². The highest BCUT2D eigenvalue weighted by atomic mass is 16.5. The van der Waals surface area contributed by atoms with Gasteiger partial charge in [0.25, 0.3) is 0 Å². The lowest BCUT2D eigenvalue weighted by molar-refractivity contribution is -0.145. The third kappa shape index (κ3) is 5.31. The molecule has 2 aliphatic rings. The highest BCUT2D eigenvalue weighted by molar-refractivity contribution is 5.80. The largest absolute Gasteiger partial charge is 0.481 e. The summed E-state index contributed by atoms with van der Waals surface area (Å²) in [6, 6.07) is 15.5. The summed E-state index contributed by atoms with van der Waals surface area (Å²) in [5, 5.41) is 22.2. The molecule has 186 valence electrons. The minimum absolute atomic E-state index is 0.0513. The van der Waals surface area contributed by atoms with Crippen LogP contribution in [0.4, 0.5) is 4.79 Å². The molecule has 1 heterocycles. The second kappa shape index (κ2) is 10.9. The Morgan fingerprint density at radius 2 is 1.71 bits per heavy atom. The number of hydrogen-bond donors (Lipinski definition) is 3. The molecule has 1 aliphatic heterocycles. The molecule has 2 aromatic carbocycles. The number of rotatable bonds is 9. The Morgan fingerprint density at radius 1 is 1.09 bits per heavy atom. The lowest BCUT2D eigenvalue weighted by atomic mass is 9.98. The van der Waals surface area contributed by atoms with Crippen molar-refractivity contribution in [3.8, 4) is 11.1 Å². The molecule has 3 atom stereocenters. The third-order valence-corrected chi connectivity index (χ3v) is 6.66. The maximum absolute atomic E-state index is 12.7. The van der Waals surface area contributed by atoms with Crippen LogP contribution in [0.5, 0.6) is 0 Å². The molecule has 0 bridgehead atoms. The number of benzene rings is 2. The van der Waals surface area contributed by atoms with Crippen LogP contribution in [0, 0.1) is 5.92 Å². The quantitative estimate of drug-likeness (QED) is 0.500. The topological polar surface area (TPSA) is 125 Å². The fraction of sp³-hybridized carbons (Fsp3) is 0.423. The van der Waals surface area contributed by atoms with Crippen molar-refractivity contribution in [3.05, 3.63) is 59.7 Å². The zero-order chi connectivity index (χ0) is 24.9. The van der Waals surface area contributed by atoms with E-state index in [-0.39, 0.29) is 38.7 Å². The monoisotopic (exact) mass is 482 g/mol. The third-order valence-electron chi connectivity index (χ3n) is 6.66. The molecule has 4 rings (SSSR count). The van der Waals surface area contributed by atoms with Crippen molar-refractivity contribution >= 4 is 18.0 Å². The lowest BCUT2D eigenvalue weighted by Gasteiger charge is -2.30. The van der Waals surface area contributed by atoms with E-state index in [0.717, 1.165) is 22.3 Å². The van der Waals surface area contributed by atoms with Crippen molar-refractivity contribution in [2.45, 2.75) is 31.4 Å². The molecule has 2 aromatic rings. The van der Waals surface area contributed by atoms with Crippen LogP contribution in [0.3, 0.4) is 0 Å². The van der Waals surface area contributed by atoms with Gasteiger partial charge in [-0.15, -0.1) is 0 Å². The number of nitrogens with zero attached hydrogens (tertiary/aromatic N) is 1. The van der Waals surface area contributed by atoms with E-state index in [1.807, 2.05) is 36.4 Å². The average Bonchev–Trinajstić information content (AvgIpc) is 3.45. The Balaban J connectivity index is 1.27. The predicted octanol–water partition coefficient (Wildman–Crippen LogP) is 2.22. The molecule has 1 aliphatic carbocycles. The van der Waals surface area contributed by atoms with E-state index >= 15 is 0 Å². The molecule has 3 N–H and O–H groups in total. The van der Waals surface area contributed by atoms with Gasteiger partial charge in [0, 0.05) is 19.0 Å². The van der Waals surface area contributed by atoms with Crippen LogP contribution in [0.2, 0.25) is 0 Å². The standard InChI is InChI=1S/C26H30N2O7/c1-2-28(23-15-34-13-22(23)25(31)32)24(30)11-16(29)12-27-26(33)35-14-21-19-9-5-3-7-17(19)18-8-4-6-10-20(18)21/h3-10,16,21-23,29H,2,11-15H2,1H3,(H,27,33)(H,31,32). The number of aliphatic hydroxyl groups excluding tert-OH is 1. The van der Waals surface area contributed by atoms with Gasteiger partial charge in [-0.2, -0.15) is 0 Å². The lowest BCUT2D eigenvalue weighted by Crippen LogP contribution is -2.48. The summed E-state index contributed by atoms with van der Waals surface area (Å²) in [4.78, 5) is 37.8. The summed E-state index contributed by atoms with van der Waals surface area (Å²) in [5.41, 5.74) is 4.46. The van der Waals surface area contributed by atoms with Crippen molar-refractivity contribution in [2.24, 2.45) is 5.92 Å². The summed E-state index contributed by atoms with van der Waals surface area (Å²) in [6.45, 7) is 2.22. The van der Waals surface area contributed by atoms with Crippen LogP contribution in [0.1, 0.15) is 30.4 Å². The molecule has 9 nitrogen and oxygen atoms in total. The van der Waals surface area contributed by atoms with E-state index in [1.165, 1.54) is 4.90 Å². The minimum Gasteiger partial charge on any atom is -0.481 e. The van der Waals surface area contributed by atoms with Crippen LogP contribution in [-0.2, 0) is 19.1 Å². The number of amides is 2. The van der Waals surface area contributed by atoms with E-state index in [2.05, 4.69) is 17.4 Å². The van der Waals surface area contributed by atoms with Gasteiger partial charge in [-0.3, -0.25) is 9.59 Å². The first-order chi connectivity index (χ1) is 16.9. The number of hydrogen-bond acceptors (Lipinski definition) is 6. The molecular weight excluding hydrogens is 452 g/mol. The second-order valence-corrected chi connectivity index (χ2v) is 8.79. The summed E-state index contributed by atoms with van der Waals surface area (Å²) >= 11 is 0. The molecule has 0 spiro atoms.